The molecule has 0 radical (unpaired) electrons. The van der Waals surface area contributed by atoms with Crippen LogP contribution in [0.2, 0.25) is 0 Å². The molecule has 1 heterocycles. The summed E-state index contributed by atoms with van der Waals surface area (Å²) in [5.41, 5.74) is 2.50. The zero-order valence-electron chi connectivity index (χ0n) is 8.86. The Morgan fingerprint density at radius 3 is 2.79 bits per heavy atom. The molecule has 0 bridgehead atoms. The molecule has 14 heavy (non-hydrogen) atoms. The van der Waals surface area contributed by atoms with E-state index >= 15 is 0 Å². The van der Waals surface area contributed by atoms with Crippen molar-refractivity contribution >= 4 is 11.6 Å². The maximum Gasteiger partial charge on any atom is 0.145 e. The van der Waals surface area contributed by atoms with Gasteiger partial charge < -0.3 is 10.3 Å². The molecule has 1 aromatic heterocycles. The van der Waals surface area contributed by atoms with Gasteiger partial charge in [-0.1, -0.05) is 13.8 Å². The number of nitrogens with two attached hydrogens (primary N) is 1. The van der Waals surface area contributed by atoms with Gasteiger partial charge in [-0.05, 0) is 5.92 Å². The average Bonchev–Trinajstić information content (AvgIpc) is 2.17. The standard InChI is InChI=1S/C9H17N5/c1-7(2)5-14(3)9-4-8(13-10)11-6-12-9/h4,6-7H,5,10H2,1-3H3,(H,11,12,13). The third kappa shape index (κ3) is 2.85. The van der Waals surface area contributed by atoms with Gasteiger partial charge in [-0.2, -0.15) is 0 Å². The monoisotopic (exact) mass is 195 g/mol. The summed E-state index contributed by atoms with van der Waals surface area (Å²) < 4.78 is 0. The van der Waals surface area contributed by atoms with Crippen molar-refractivity contribution in [2.75, 3.05) is 23.9 Å². The van der Waals surface area contributed by atoms with E-state index < -0.39 is 0 Å². The smallest absolute Gasteiger partial charge is 0.145 e. The highest BCUT2D eigenvalue weighted by Crippen LogP contribution is 2.12. The maximum absolute atomic E-state index is 5.26. The number of nitrogen functional groups attached to an aromatic ring is 1. The highest BCUT2D eigenvalue weighted by atomic mass is 15.3. The van der Waals surface area contributed by atoms with Crippen LogP contribution in [-0.2, 0) is 0 Å². The molecule has 0 aliphatic carbocycles. The zero-order valence-corrected chi connectivity index (χ0v) is 8.86. The minimum absolute atomic E-state index is 0.601. The fraction of sp³-hybridized carbons (Fsp3) is 0.556. The Labute approximate surface area is 84.3 Å². The number of rotatable bonds is 4. The number of nitrogens with zero attached hydrogens (tertiary/aromatic N) is 3. The molecule has 0 unspecified atom stereocenters. The lowest BCUT2D eigenvalue weighted by molar-refractivity contribution is 0.634. The average molecular weight is 195 g/mol. The number of anilines is 2. The largest absolute Gasteiger partial charge is 0.359 e. The van der Waals surface area contributed by atoms with Crippen molar-refractivity contribution in [3.05, 3.63) is 12.4 Å². The third-order valence-electron chi connectivity index (χ3n) is 1.83. The molecule has 5 heteroatoms. The van der Waals surface area contributed by atoms with Crippen LogP contribution in [0, 0.1) is 5.92 Å². The Balaban J connectivity index is 2.73. The minimum atomic E-state index is 0.601. The van der Waals surface area contributed by atoms with E-state index in [1.165, 1.54) is 6.33 Å². The molecule has 0 fully saturated rings. The summed E-state index contributed by atoms with van der Waals surface area (Å²) in [6.45, 7) is 5.29. The van der Waals surface area contributed by atoms with Crippen LogP contribution >= 0.6 is 0 Å². The molecule has 1 rings (SSSR count). The molecule has 0 atom stereocenters. The van der Waals surface area contributed by atoms with Crippen LogP contribution in [0.1, 0.15) is 13.8 Å². The van der Waals surface area contributed by atoms with Gasteiger partial charge >= 0.3 is 0 Å². The maximum atomic E-state index is 5.26. The minimum Gasteiger partial charge on any atom is -0.359 e. The molecule has 0 aromatic carbocycles. The lowest BCUT2D eigenvalue weighted by Gasteiger charge is -2.20. The molecule has 78 valence electrons. The number of hydrazine groups is 1. The van der Waals surface area contributed by atoms with Gasteiger partial charge in [0.15, 0.2) is 0 Å². The van der Waals surface area contributed by atoms with Crippen LogP contribution in [0.3, 0.4) is 0 Å². The van der Waals surface area contributed by atoms with E-state index in [0.29, 0.717) is 11.7 Å². The van der Waals surface area contributed by atoms with Crippen molar-refractivity contribution in [1.82, 2.24) is 9.97 Å². The van der Waals surface area contributed by atoms with Crippen molar-refractivity contribution < 1.29 is 0 Å². The predicted octanol–water partition coefficient (Wildman–Crippen LogP) is 0.854. The van der Waals surface area contributed by atoms with Crippen molar-refractivity contribution in [1.29, 1.82) is 0 Å². The third-order valence-corrected chi connectivity index (χ3v) is 1.83. The molecule has 0 saturated heterocycles. The summed E-state index contributed by atoms with van der Waals surface area (Å²) in [7, 11) is 2.00. The van der Waals surface area contributed by atoms with Gasteiger partial charge in [0.2, 0.25) is 0 Å². The summed E-state index contributed by atoms with van der Waals surface area (Å²) in [6.07, 6.45) is 1.50. The van der Waals surface area contributed by atoms with Crippen molar-refractivity contribution in [2.45, 2.75) is 13.8 Å². The van der Waals surface area contributed by atoms with Crippen LogP contribution in [0.15, 0.2) is 12.4 Å². The Kier molecular flexibility index (Phi) is 3.64. The van der Waals surface area contributed by atoms with Gasteiger partial charge in [-0.3, -0.25) is 0 Å². The van der Waals surface area contributed by atoms with Crippen molar-refractivity contribution in [3.63, 3.8) is 0 Å². The first kappa shape index (κ1) is 10.7. The van der Waals surface area contributed by atoms with Crippen LogP contribution < -0.4 is 16.2 Å². The summed E-state index contributed by atoms with van der Waals surface area (Å²) >= 11 is 0. The molecular weight excluding hydrogens is 178 g/mol. The van der Waals surface area contributed by atoms with E-state index in [1.807, 2.05) is 13.1 Å². The number of hydrogen-bond donors (Lipinski definition) is 2. The fourth-order valence-corrected chi connectivity index (χ4v) is 1.28. The van der Waals surface area contributed by atoms with E-state index in [0.717, 1.165) is 12.4 Å². The number of hydrogen-bond acceptors (Lipinski definition) is 5. The summed E-state index contributed by atoms with van der Waals surface area (Å²) in [5.74, 6) is 7.37. The normalized spacial score (nSPS) is 10.4. The van der Waals surface area contributed by atoms with Gasteiger partial charge in [-0.15, -0.1) is 0 Å². The van der Waals surface area contributed by atoms with Crippen LogP contribution in [0.4, 0.5) is 11.6 Å². The van der Waals surface area contributed by atoms with E-state index in [9.17, 15) is 0 Å². The highest BCUT2D eigenvalue weighted by Gasteiger charge is 2.05. The van der Waals surface area contributed by atoms with Gasteiger partial charge in [-0.25, -0.2) is 15.8 Å². The molecule has 0 aliphatic heterocycles. The molecule has 1 aromatic rings. The van der Waals surface area contributed by atoms with E-state index in [-0.39, 0.29) is 0 Å². The first-order chi connectivity index (χ1) is 6.63. The second kappa shape index (κ2) is 4.76. The van der Waals surface area contributed by atoms with Crippen LogP contribution in [0.5, 0.6) is 0 Å². The molecule has 0 spiro atoms. The molecular formula is C9H17N5. The first-order valence-corrected chi connectivity index (χ1v) is 4.63. The number of aromatic nitrogens is 2. The Morgan fingerprint density at radius 1 is 1.50 bits per heavy atom. The summed E-state index contributed by atoms with van der Waals surface area (Å²) in [6, 6.07) is 1.82. The Hall–Kier alpha value is -1.36. The summed E-state index contributed by atoms with van der Waals surface area (Å²) in [5, 5.41) is 0. The quantitative estimate of drug-likeness (QED) is 0.551. The Morgan fingerprint density at radius 2 is 2.21 bits per heavy atom. The van der Waals surface area contributed by atoms with E-state index in [2.05, 4.69) is 34.1 Å². The van der Waals surface area contributed by atoms with Gasteiger partial charge in [0, 0.05) is 19.7 Å². The van der Waals surface area contributed by atoms with Gasteiger partial charge in [0.05, 0.1) is 0 Å². The predicted molar refractivity (Wildman–Crippen MR) is 58.0 cm³/mol. The molecule has 0 amide bonds. The number of nitrogens with one attached hydrogen (secondary N) is 1. The van der Waals surface area contributed by atoms with E-state index in [1.54, 1.807) is 0 Å². The molecule has 0 saturated carbocycles. The van der Waals surface area contributed by atoms with E-state index in [4.69, 9.17) is 5.84 Å². The van der Waals surface area contributed by atoms with Crippen molar-refractivity contribution in [3.8, 4) is 0 Å². The zero-order chi connectivity index (χ0) is 10.6. The lowest BCUT2D eigenvalue weighted by atomic mass is 10.2. The second-order valence-corrected chi connectivity index (χ2v) is 3.68. The van der Waals surface area contributed by atoms with Crippen molar-refractivity contribution in [2.24, 2.45) is 11.8 Å². The lowest BCUT2D eigenvalue weighted by Crippen LogP contribution is -2.23. The second-order valence-electron chi connectivity index (χ2n) is 3.68. The fourth-order valence-electron chi connectivity index (χ4n) is 1.28. The molecule has 3 N–H and O–H groups in total. The molecule has 5 nitrogen and oxygen atoms in total. The first-order valence-electron chi connectivity index (χ1n) is 4.63. The Bertz CT molecular complexity index is 286. The highest BCUT2D eigenvalue weighted by molar-refractivity contribution is 5.47. The SMILES string of the molecule is CC(C)CN(C)c1cc(NN)ncn1. The van der Waals surface area contributed by atoms with Gasteiger partial charge in [0.25, 0.3) is 0 Å². The molecule has 0 aliphatic rings. The van der Waals surface area contributed by atoms with Gasteiger partial charge in [0.1, 0.15) is 18.0 Å². The van der Waals surface area contributed by atoms with Crippen LogP contribution in [0.25, 0.3) is 0 Å². The topological polar surface area (TPSA) is 67.1 Å². The summed E-state index contributed by atoms with van der Waals surface area (Å²) in [4.78, 5) is 10.2. The van der Waals surface area contributed by atoms with Crippen LogP contribution in [-0.4, -0.2) is 23.6 Å².